The number of piperidine rings is 1. The van der Waals surface area contributed by atoms with Crippen LogP contribution in [0.1, 0.15) is 58.3 Å². The molecule has 2 N–H and O–H groups in total. The van der Waals surface area contributed by atoms with Crippen LogP contribution in [-0.2, 0) is 4.79 Å². The molecule has 1 atom stereocenters. The van der Waals surface area contributed by atoms with E-state index < -0.39 is 0 Å². The summed E-state index contributed by atoms with van der Waals surface area (Å²) in [5, 5.41) is 6.98. The molecule has 0 spiro atoms. The van der Waals surface area contributed by atoms with Gasteiger partial charge in [0.05, 0.1) is 0 Å². The van der Waals surface area contributed by atoms with Crippen molar-refractivity contribution in [2.24, 2.45) is 16.8 Å². The molecule has 0 radical (unpaired) electrons. The minimum atomic E-state index is 0.280. The fourth-order valence-electron chi connectivity index (χ4n) is 4.69. The predicted molar refractivity (Wildman–Crippen MR) is 111 cm³/mol. The van der Waals surface area contributed by atoms with Crippen molar-refractivity contribution in [1.29, 1.82) is 0 Å². The van der Waals surface area contributed by atoms with Gasteiger partial charge in [-0.3, -0.25) is 9.79 Å². The molecule has 2 saturated heterocycles. The second-order valence-electron chi connectivity index (χ2n) is 8.77. The minimum absolute atomic E-state index is 0.280. The number of nitrogens with one attached hydrogen (secondary N) is 2. The second-order valence-corrected chi connectivity index (χ2v) is 8.77. The zero-order chi connectivity index (χ0) is 19.1. The maximum absolute atomic E-state index is 12.7. The first-order valence-corrected chi connectivity index (χ1v) is 11.1. The molecule has 1 amide bonds. The van der Waals surface area contributed by atoms with E-state index in [-0.39, 0.29) is 5.92 Å². The number of nitrogens with zero attached hydrogens (tertiary/aromatic N) is 3. The molecule has 1 unspecified atom stereocenters. The van der Waals surface area contributed by atoms with Crippen LogP contribution in [-0.4, -0.2) is 74.0 Å². The maximum atomic E-state index is 12.7. The van der Waals surface area contributed by atoms with E-state index in [4.69, 9.17) is 0 Å². The molecule has 154 valence electrons. The highest BCUT2D eigenvalue weighted by Gasteiger charge is 2.31. The van der Waals surface area contributed by atoms with Crippen LogP contribution in [0.5, 0.6) is 0 Å². The zero-order valence-corrected chi connectivity index (χ0v) is 17.4. The predicted octanol–water partition coefficient (Wildman–Crippen LogP) is 2.06. The summed E-state index contributed by atoms with van der Waals surface area (Å²) in [7, 11) is 1.83. The van der Waals surface area contributed by atoms with E-state index in [1.54, 1.807) is 0 Å². The molecule has 3 rings (SSSR count). The lowest BCUT2D eigenvalue weighted by Gasteiger charge is -2.30. The van der Waals surface area contributed by atoms with Crippen LogP contribution >= 0.6 is 0 Å². The largest absolute Gasteiger partial charge is 0.355 e. The van der Waals surface area contributed by atoms with E-state index in [1.165, 1.54) is 45.2 Å². The number of carbonyl (C=O) groups excluding carboxylic acids is 1. The van der Waals surface area contributed by atoms with E-state index in [9.17, 15) is 4.79 Å². The topological polar surface area (TPSA) is 60.0 Å². The highest BCUT2D eigenvalue weighted by Crippen LogP contribution is 2.26. The molecule has 6 nitrogen and oxygen atoms in total. The lowest BCUT2D eigenvalue weighted by Crippen LogP contribution is -2.47. The van der Waals surface area contributed by atoms with Gasteiger partial charge in [-0.2, -0.15) is 0 Å². The number of amides is 1. The Bertz CT molecular complexity index is 495. The van der Waals surface area contributed by atoms with Gasteiger partial charge in [0.1, 0.15) is 0 Å². The molecular weight excluding hydrogens is 338 g/mol. The fourth-order valence-corrected chi connectivity index (χ4v) is 4.69. The summed E-state index contributed by atoms with van der Waals surface area (Å²) in [4.78, 5) is 21.7. The molecule has 1 aliphatic carbocycles. The van der Waals surface area contributed by atoms with Gasteiger partial charge in [0.15, 0.2) is 5.96 Å². The third kappa shape index (κ3) is 6.09. The maximum Gasteiger partial charge on any atom is 0.225 e. The summed E-state index contributed by atoms with van der Waals surface area (Å²) in [6, 6.07) is 0.319. The second kappa shape index (κ2) is 10.3. The Hall–Kier alpha value is -1.30. The number of rotatable bonds is 5. The zero-order valence-electron chi connectivity index (χ0n) is 17.4. The first kappa shape index (κ1) is 20.4. The molecule has 2 heterocycles. The Labute approximate surface area is 165 Å². The van der Waals surface area contributed by atoms with Crippen LogP contribution in [0.2, 0.25) is 0 Å². The molecule has 2 aliphatic heterocycles. The van der Waals surface area contributed by atoms with Crippen molar-refractivity contribution >= 4 is 11.9 Å². The van der Waals surface area contributed by atoms with E-state index in [0.717, 1.165) is 57.3 Å². The number of guanidine groups is 1. The van der Waals surface area contributed by atoms with Crippen molar-refractivity contribution in [2.45, 2.75) is 64.3 Å². The van der Waals surface area contributed by atoms with Crippen LogP contribution in [0, 0.1) is 11.8 Å². The lowest BCUT2D eigenvalue weighted by molar-refractivity contribution is -0.135. The van der Waals surface area contributed by atoms with E-state index in [0.29, 0.717) is 11.9 Å². The van der Waals surface area contributed by atoms with E-state index in [1.807, 2.05) is 7.05 Å². The molecule has 6 heteroatoms. The highest BCUT2D eigenvalue weighted by atomic mass is 16.2. The van der Waals surface area contributed by atoms with Gasteiger partial charge in [-0.05, 0) is 51.1 Å². The van der Waals surface area contributed by atoms with Gasteiger partial charge >= 0.3 is 0 Å². The summed E-state index contributed by atoms with van der Waals surface area (Å²) < 4.78 is 0. The van der Waals surface area contributed by atoms with Crippen LogP contribution in [0.3, 0.4) is 0 Å². The van der Waals surface area contributed by atoms with Gasteiger partial charge in [-0.25, -0.2) is 0 Å². The number of hydrogen-bond donors (Lipinski definition) is 2. The third-order valence-electron chi connectivity index (χ3n) is 6.62. The summed E-state index contributed by atoms with van der Waals surface area (Å²) in [5.74, 6) is 2.42. The van der Waals surface area contributed by atoms with E-state index >= 15 is 0 Å². The van der Waals surface area contributed by atoms with Gasteiger partial charge in [0.2, 0.25) is 5.91 Å². The molecule has 0 bridgehead atoms. The number of carbonyl (C=O) groups is 1. The van der Waals surface area contributed by atoms with Crippen molar-refractivity contribution < 1.29 is 4.79 Å². The third-order valence-corrected chi connectivity index (χ3v) is 6.62. The van der Waals surface area contributed by atoms with Crippen LogP contribution < -0.4 is 10.6 Å². The Morgan fingerprint density at radius 3 is 2.48 bits per heavy atom. The van der Waals surface area contributed by atoms with Gasteiger partial charge < -0.3 is 20.4 Å². The Morgan fingerprint density at radius 1 is 1.04 bits per heavy atom. The van der Waals surface area contributed by atoms with Crippen LogP contribution in [0.25, 0.3) is 0 Å². The molecular formula is C21H39N5O. The molecule has 27 heavy (non-hydrogen) atoms. The smallest absolute Gasteiger partial charge is 0.225 e. The van der Waals surface area contributed by atoms with Crippen molar-refractivity contribution in [2.75, 3.05) is 46.3 Å². The number of hydrogen-bond acceptors (Lipinski definition) is 3. The van der Waals surface area contributed by atoms with Gasteiger partial charge in [0.25, 0.3) is 0 Å². The monoisotopic (exact) mass is 377 g/mol. The van der Waals surface area contributed by atoms with Crippen molar-refractivity contribution in [3.05, 3.63) is 0 Å². The standard InChI is InChI=1S/C21H39N5O/c1-17-8-12-25(13-9-17)15-11-23-21(22-2)24-19-10-14-26(16-19)20(27)18-6-4-3-5-7-18/h17-19H,3-16H2,1-2H3,(H2,22,23,24). The Kier molecular flexibility index (Phi) is 7.80. The SMILES string of the molecule is CN=C(NCCN1CCC(C)CC1)NC1CCN(C(=O)C2CCCCC2)C1. The highest BCUT2D eigenvalue weighted by molar-refractivity contribution is 5.81. The summed E-state index contributed by atoms with van der Waals surface area (Å²) >= 11 is 0. The molecule has 3 fully saturated rings. The Balaban J connectivity index is 1.35. The van der Waals surface area contributed by atoms with Crippen molar-refractivity contribution in [3.63, 3.8) is 0 Å². The van der Waals surface area contributed by atoms with Crippen LogP contribution in [0.4, 0.5) is 0 Å². The molecule has 0 aromatic rings. The summed E-state index contributed by atoms with van der Waals surface area (Å²) in [6.45, 7) is 8.49. The first-order chi connectivity index (χ1) is 13.2. The normalized spacial score (nSPS) is 26.4. The average molecular weight is 378 g/mol. The minimum Gasteiger partial charge on any atom is -0.355 e. The first-order valence-electron chi connectivity index (χ1n) is 11.1. The number of likely N-dealkylation sites (tertiary alicyclic amines) is 2. The molecule has 0 aromatic carbocycles. The van der Waals surface area contributed by atoms with Crippen molar-refractivity contribution in [1.82, 2.24) is 20.4 Å². The quantitative estimate of drug-likeness (QED) is 0.569. The lowest BCUT2D eigenvalue weighted by atomic mass is 9.88. The van der Waals surface area contributed by atoms with Gasteiger partial charge in [0, 0.05) is 45.2 Å². The molecule has 3 aliphatic rings. The Morgan fingerprint density at radius 2 is 1.78 bits per heavy atom. The van der Waals surface area contributed by atoms with Gasteiger partial charge in [-0.1, -0.05) is 26.2 Å². The van der Waals surface area contributed by atoms with Gasteiger partial charge in [-0.15, -0.1) is 0 Å². The van der Waals surface area contributed by atoms with Crippen molar-refractivity contribution in [3.8, 4) is 0 Å². The average Bonchev–Trinajstić information content (AvgIpc) is 3.17. The number of aliphatic imine (C=N–C) groups is 1. The fraction of sp³-hybridized carbons (Fsp3) is 0.905. The van der Waals surface area contributed by atoms with Crippen LogP contribution in [0.15, 0.2) is 4.99 Å². The summed E-state index contributed by atoms with van der Waals surface area (Å²) in [5.41, 5.74) is 0. The summed E-state index contributed by atoms with van der Waals surface area (Å²) in [6.07, 6.45) is 9.57. The van der Waals surface area contributed by atoms with E-state index in [2.05, 4.69) is 32.3 Å². The molecule has 1 saturated carbocycles. The molecule has 0 aromatic heterocycles.